The van der Waals surface area contributed by atoms with Gasteiger partial charge in [-0.2, -0.15) is 0 Å². The lowest BCUT2D eigenvalue weighted by Crippen LogP contribution is -2.59. The lowest BCUT2D eigenvalue weighted by atomic mass is 9.97. The first-order valence-electron chi connectivity index (χ1n) is 5.43. The Morgan fingerprint density at radius 2 is 2.29 bits per heavy atom. The maximum atomic E-state index is 9.59. The highest BCUT2D eigenvalue weighted by Crippen LogP contribution is 2.23. The van der Waals surface area contributed by atoms with Gasteiger partial charge < -0.3 is 13.9 Å². The highest BCUT2D eigenvalue weighted by atomic mass is 16.4. The normalized spacial score (nSPS) is 19.2. The van der Waals surface area contributed by atoms with Crippen molar-refractivity contribution in [3.05, 3.63) is 24.3 Å². The molecule has 0 atom stereocenters. The van der Waals surface area contributed by atoms with Crippen molar-refractivity contribution in [2.24, 2.45) is 0 Å². The monoisotopic (exact) mass is 235 g/mol. The maximum absolute atomic E-state index is 9.59. The summed E-state index contributed by atoms with van der Waals surface area (Å²) in [4.78, 5) is 2.04. The molecule has 0 unspecified atom stereocenters. The zero-order chi connectivity index (χ0) is 11.9. The van der Waals surface area contributed by atoms with Crippen molar-refractivity contribution in [3.8, 4) is 11.7 Å². The van der Waals surface area contributed by atoms with E-state index in [9.17, 15) is 5.11 Å². The first-order valence-corrected chi connectivity index (χ1v) is 5.43. The standard InChI is InChI=1S/C11H13N3O3/c1-11(15)6-14(7-11)5-9-12-13-10(17-9)8-3-2-4-16-8/h2-4,15H,5-7H2,1H3. The van der Waals surface area contributed by atoms with E-state index in [0.717, 1.165) is 0 Å². The minimum absolute atomic E-state index is 0.386. The van der Waals surface area contributed by atoms with Crippen molar-refractivity contribution in [3.63, 3.8) is 0 Å². The molecule has 17 heavy (non-hydrogen) atoms. The van der Waals surface area contributed by atoms with Gasteiger partial charge in [0.05, 0.1) is 18.4 Å². The molecule has 0 spiro atoms. The third-order valence-corrected chi connectivity index (χ3v) is 2.69. The van der Waals surface area contributed by atoms with Gasteiger partial charge >= 0.3 is 0 Å². The number of hydrogen-bond acceptors (Lipinski definition) is 6. The summed E-state index contributed by atoms with van der Waals surface area (Å²) in [5.41, 5.74) is -0.580. The van der Waals surface area contributed by atoms with E-state index >= 15 is 0 Å². The lowest BCUT2D eigenvalue weighted by Gasteiger charge is -2.43. The van der Waals surface area contributed by atoms with Crippen molar-refractivity contribution in [2.75, 3.05) is 13.1 Å². The van der Waals surface area contributed by atoms with Crippen LogP contribution in [0.25, 0.3) is 11.7 Å². The number of aliphatic hydroxyl groups is 1. The molecular weight excluding hydrogens is 222 g/mol. The third-order valence-electron chi connectivity index (χ3n) is 2.69. The molecule has 1 aliphatic rings. The molecular formula is C11H13N3O3. The predicted molar refractivity (Wildman–Crippen MR) is 57.9 cm³/mol. The van der Waals surface area contributed by atoms with Gasteiger partial charge in [-0.3, -0.25) is 4.90 Å². The Morgan fingerprint density at radius 3 is 2.94 bits per heavy atom. The highest BCUT2D eigenvalue weighted by Gasteiger charge is 2.37. The van der Waals surface area contributed by atoms with Gasteiger partial charge in [0.2, 0.25) is 5.89 Å². The molecule has 90 valence electrons. The summed E-state index contributed by atoms with van der Waals surface area (Å²) in [6.07, 6.45) is 1.56. The number of hydrogen-bond donors (Lipinski definition) is 1. The van der Waals surface area contributed by atoms with E-state index in [-0.39, 0.29) is 0 Å². The fourth-order valence-corrected chi connectivity index (χ4v) is 2.04. The fourth-order valence-electron chi connectivity index (χ4n) is 2.04. The molecule has 2 aromatic heterocycles. The molecule has 3 rings (SSSR count). The molecule has 0 radical (unpaired) electrons. The van der Waals surface area contributed by atoms with Gasteiger partial charge in [0.1, 0.15) is 0 Å². The highest BCUT2D eigenvalue weighted by molar-refractivity contribution is 5.42. The zero-order valence-electron chi connectivity index (χ0n) is 9.46. The van der Waals surface area contributed by atoms with Crippen LogP contribution in [0.3, 0.4) is 0 Å². The van der Waals surface area contributed by atoms with Crippen LogP contribution in [0.15, 0.2) is 27.2 Å². The van der Waals surface area contributed by atoms with Gasteiger partial charge in [-0.15, -0.1) is 10.2 Å². The molecule has 3 heterocycles. The van der Waals surface area contributed by atoms with Crippen molar-refractivity contribution in [1.29, 1.82) is 0 Å². The van der Waals surface area contributed by atoms with Gasteiger partial charge in [0.15, 0.2) is 5.76 Å². The van der Waals surface area contributed by atoms with Gasteiger partial charge in [-0.1, -0.05) is 0 Å². The van der Waals surface area contributed by atoms with Gasteiger partial charge in [0.25, 0.3) is 5.89 Å². The molecule has 1 saturated heterocycles. The molecule has 1 fully saturated rings. The number of rotatable bonds is 3. The molecule has 6 heteroatoms. The van der Waals surface area contributed by atoms with Crippen molar-refractivity contribution in [1.82, 2.24) is 15.1 Å². The molecule has 0 saturated carbocycles. The fraction of sp³-hybridized carbons (Fsp3) is 0.455. The minimum Gasteiger partial charge on any atom is -0.459 e. The van der Waals surface area contributed by atoms with Crippen LogP contribution in [0.1, 0.15) is 12.8 Å². The molecule has 0 aliphatic carbocycles. The molecule has 2 aromatic rings. The summed E-state index contributed by atoms with van der Waals surface area (Å²) < 4.78 is 10.6. The Labute approximate surface area is 97.9 Å². The topological polar surface area (TPSA) is 75.5 Å². The number of β-amino-alcohol motifs (C(OH)–C–C–N with tert-alkyl or cyclic N) is 1. The number of furan rings is 1. The van der Waals surface area contributed by atoms with Gasteiger partial charge in [0, 0.05) is 13.1 Å². The number of likely N-dealkylation sites (tertiary alicyclic amines) is 1. The lowest BCUT2D eigenvalue weighted by molar-refractivity contribution is -0.0896. The summed E-state index contributed by atoms with van der Waals surface area (Å²) in [7, 11) is 0. The van der Waals surface area contributed by atoms with Gasteiger partial charge in [-0.25, -0.2) is 0 Å². The van der Waals surface area contributed by atoms with Crippen LogP contribution < -0.4 is 0 Å². The molecule has 0 bridgehead atoms. The molecule has 0 amide bonds. The summed E-state index contributed by atoms with van der Waals surface area (Å²) in [6, 6.07) is 3.54. The Morgan fingerprint density at radius 1 is 1.47 bits per heavy atom. The molecule has 1 N–H and O–H groups in total. The van der Waals surface area contributed by atoms with E-state index in [2.05, 4.69) is 10.2 Å². The smallest absolute Gasteiger partial charge is 0.283 e. The third kappa shape index (κ3) is 2.09. The second-order valence-electron chi connectivity index (χ2n) is 4.62. The van der Waals surface area contributed by atoms with E-state index < -0.39 is 5.60 Å². The van der Waals surface area contributed by atoms with Crippen molar-refractivity contribution in [2.45, 2.75) is 19.1 Å². The van der Waals surface area contributed by atoms with Crippen LogP contribution in [0.2, 0.25) is 0 Å². The van der Waals surface area contributed by atoms with Crippen LogP contribution in [-0.2, 0) is 6.54 Å². The van der Waals surface area contributed by atoms with Crippen LogP contribution in [0.4, 0.5) is 0 Å². The SMILES string of the molecule is CC1(O)CN(Cc2nnc(-c3ccco3)o2)C1. The summed E-state index contributed by atoms with van der Waals surface area (Å²) in [5, 5.41) is 17.4. The first-order chi connectivity index (χ1) is 8.12. The Kier molecular flexibility index (Phi) is 2.27. The van der Waals surface area contributed by atoms with E-state index in [1.54, 1.807) is 18.4 Å². The summed E-state index contributed by atoms with van der Waals surface area (Å²) in [6.45, 7) is 3.63. The average molecular weight is 235 g/mol. The summed E-state index contributed by atoms with van der Waals surface area (Å²) >= 11 is 0. The molecule has 1 aliphatic heterocycles. The van der Waals surface area contributed by atoms with Crippen LogP contribution in [0, 0.1) is 0 Å². The largest absolute Gasteiger partial charge is 0.459 e. The maximum Gasteiger partial charge on any atom is 0.283 e. The quantitative estimate of drug-likeness (QED) is 0.851. The van der Waals surface area contributed by atoms with E-state index in [4.69, 9.17) is 8.83 Å². The van der Waals surface area contributed by atoms with Crippen molar-refractivity contribution < 1.29 is 13.9 Å². The van der Waals surface area contributed by atoms with Crippen LogP contribution in [0.5, 0.6) is 0 Å². The summed E-state index contributed by atoms with van der Waals surface area (Å²) in [5.74, 6) is 1.49. The Hall–Kier alpha value is -1.66. The predicted octanol–water partition coefficient (Wildman–Crippen LogP) is 0.896. The number of nitrogens with zero attached hydrogens (tertiary/aromatic N) is 3. The van der Waals surface area contributed by atoms with Crippen LogP contribution in [-0.4, -0.2) is 38.9 Å². The van der Waals surface area contributed by atoms with Crippen LogP contribution >= 0.6 is 0 Å². The molecule has 0 aromatic carbocycles. The van der Waals surface area contributed by atoms with E-state index in [1.807, 2.05) is 11.8 Å². The average Bonchev–Trinajstić information content (AvgIpc) is 2.82. The van der Waals surface area contributed by atoms with E-state index in [0.29, 0.717) is 37.2 Å². The number of aromatic nitrogens is 2. The zero-order valence-corrected chi connectivity index (χ0v) is 9.46. The van der Waals surface area contributed by atoms with E-state index in [1.165, 1.54) is 0 Å². The second-order valence-corrected chi connectivity index (χ2v) is 4.62. The Bertz CT molecular complexity index is 496. The molecule has 6 nitrogen and oxygen atoms in total. The Balaban J connectivity index is 1.66. The minimum atomic E-state index is -0.580. The van der Waals surface area contributed by atoms with Crippen molar-refractivity contribution >= 4 is 0 Å². The second kappa shape index (κ2) is 3.68. The first kappa shape index (κ1) is 10.5. The van der Waals surface area contributed by atoms with Gasteiger partial charge in [-0.05, 0) is 19.1 Å².